The van der Waals surface area contributed by atoms with E-state index < -0.39 is 5.41 Å². The molecule has 16 rings (SSSR count). The lowest BCUT2D eigenvalue weighted by Gasteiger charge is -2.40. The molecule has 0 amide bonds. The van der Waals surface area contributed by atoms with Gasteiger partial charge < -0.3 is 13.9 Å². The van der Waals surface area contributed by atoms with E-state index in [1.165, 1.54) is 72.0 Å². The van der Waals surface area contributed by atoms with Crippen molar-refractivity contribution < 1.29 is 4.42 Å². The van der Waals surface area contributed by atoms with E-state index in [-0.39, 0.29) is 0 Å². The van der Waals surface area contributed by atoms with Gasteiger partial charge in [-0.15, -0.1) is 0 Å². The highest BCUT2D eigenvalue weighted by Gasteiger charge is 2.51. The van der Waals surface area contributed by atoms with Gasteiger partial charge in [0.25, 0.3) is 0 Å². The molecular formula is C73H46N2O. The minimum absolute atomic E-state index is 0.613. The Morgan fingerprint density at radius 3 is 1.62 bits per heavy atom. The van der Waals surface area contributed by atoms with Gasteiger partial charge in [0.05, 0.1) is 27.8 Å². The van der Waals surface area contributed by atoms with E-state index in [0.29, 0.717) is 0 Å². The summed E-state index contributed by atoms with van der Waals surface area (Å²) in [5.74, 6) is 0. The van der Waals surface area contributed by atoms with Crippen LogP contribution in [0.4, 0.5) is 17.1 Å². The summed E-state index contributed by atoms with van der Waals surface area (Å²) in [5.41, 5.74) is 24.7. The van der Waals surface area contributed by atoms with Crippen LogP contribution in [0.3, 0.4) is 0 Å². The summed E-state index contributed by atoms with van der Waals surface area (Å²) in [6.07, 6.45) is 0. The Balaban J connectivity index is 0.939. The van der Waals surface area contributed by atoms with Gasteiger partial charge in [-0.3, -0.25) is 0 Å². The van der Waals surface area contributed by atoms with Gasteiger partial charge in [-0.1, -0.05) is 237 Å². The van der Waals surface area contributed by atoms with Gasteiger partial charge in [0.2, 0.25) is 0 Å². The number of furan rings is 1. The monoisotopic (exact) mass is 966 g/mol. The third-order valence-electron chi connectivity index (χ3n) is 16.4. The molecule has 0 radical (unpaired) electrons. The molecule has 0 N–H and O–H groups in total. The summed E-state index contributed by atoms with van der Waals surface area (Å²) >= 11 is 0. The second-order valence-electron chi connectivity index (χ2n) is 20.3. The number of nitrogens with zero attached hydrogens (tertiary/aromatic N) is 2. The Morgan fingerprint density at radius 1 is 0.303 bits per heavy atom. The molecule has 76 heavy (non-hydrogen) atoms. The van der Waals surface area contributed by atoms with Gasteiger partial charge >= 0.3 is 0 Å². The summed E-state index contributed by atoms with van der Waals surface area (Å²) in [6, 6.07) is 103. The first-order valence-electron chi connectivity index (χ1n) is 26.2. The molecule has 1 unspecified atom stereocenters. The van der Waals surface area contributed by atoms with Crippen LogP contribution in [0, 0.1) is 0 Å². The Labute approximate surface area is 440 Å². The lowest BCUT2D eigenvalue weighted by molar-refractivity contribution is 0.671. The molecule has 1 aliphatic carbocycles. The normalized spacial score (nSPS) is 14.1. The van der Waals surface area contributed by atoms with Crippen LogP contribution in [0.1, 0.15) is 22.3 Å². The predicted octanol–water partition coefficient (Wildman–Crippen LogP) is 19.5. The van der Waals surface area contributed by atoms with Crippen molar-refractivity contribution in [3.05, 3.63) is 301 Å². The Kier molecular flexibility index (Phi) is 9.25. The highest BCUT2D eigenvalue weighted by Crippen LogP contribution is 2.62. The molecule has 3 heteroatoms. The largest absolute Gasteiger partial charge is 0.455 e. The summed E-state index contributed by atoms with van der Waals surface area (Å²) in [4.78, 5) is 2.49. The maximum atomic E-state index is 7.04. The third-order valence-corrected chi connectivity index (χ3v) is 16.4. The van der Waals surface area contributed by atoms with Crippen LogP contribution in [0.2, 0.25) is 0 Å². The summed E-state index contributed by atoms with van der Waals surface area (Å²) in [5, 5.41) is 4.74. The molecule has 0 fully saturated rings. The van der Waals surface area contributed by atoms with Gasteiger partial charge in [0.15, 0.2) is 0 Å². The van der Waals surface area contributed by atoms with E-state index in [4.69, 9.17) is 4.42 Å². The first-order chi connectivity index (χ1) is 37.7. The smallest absolute Gasteiger partial charge is 0.143 e. The average molecular weight is 967 g/mol. The fourth-order valence-corrected chi connectivity index (χ4v) is 13.2. The number of rotatable bonds is 7. The second kappa shape index (κ2) is 16.5. The van der Waals surface area contributed by atoms with Gasteiger partial charge in [0, 0.05) is 49.6 Å². The lowest BCUT2D eigenvalue weighted by Crippen LogP contribution is -2.33. The number of hydrogen-bond donors (Lipinski definition) is 0. The molecule has 354 valence electrons. The van der Waals surface area contributed by atoms with E-state index in [1.54, 1.807) is 0 Å². The number of benzene rings is 12. The van der Waals surface area contributed by atoms with Crippen LogP contribution in [-0.4, -0.2) is 4.57 Å². The molecule has 3 heterocycles. The standard InChI is InChI=1S/C73H46N2O/c1-3-19-47(20-4-1)48-39-41-50(42-40-48)54-25-8-12-36-67(54)74(52-24-15-23-51(45-52)56-29-17-32-62-61-31-16-28-55(71(61)76-72(56)62)49-21-5-2-6-22-49)53-43-44-58-57-26-7-10-33-63(57)73(66(58)46-53)64-34-11-14-38-69(64)75-68-37-13-9-27-59(68)60-30-18-35-65(73)70(60)75/h1-46H. The lowest BCUT2D eigenvalue weighted by atomic mass is 9.65. The van der Waals surface area contributed by atoms with Crippen LogP contribution < -0.4 is 4.90 Å². The molecule has 0 saturated heterocycles. The molecule has 1 atom stereocenters. The summed E-state index contributed by atoms with van der Waals surface area (Å²) < 4.78 is 9.56. The number of fused-ring (bicyclic) bond motifs is 15. The van der Waals surface area contributed by atoms with Crippen molar-refractivity contribution in [2.24, 2.45) is 0 Å². The number of hydrogen-bond acceptors (Lipinski definition) is 2. The van der Waals surface area contributed by atoms with Crippen LogP contribution in [0.15, 0.2) is 283 Å². The summed E-state index contributed by atoms with van der Waals surface area (Å²) in [6.45, 7) is 0. The van der Waals surface area contributed by atoms with E-state index in [2.05, 4.69) is 289 Å². The van der Waals surface area contributed by atoms with Crippen LogP contribution >= 0.6 is 0 Å². The number of para-hydroxylation sites is 6. The third kappa shape index (κ3) is 6.05. The van der Waals surface area contributed by atoms with Crippen molar-refractivity contribution >= 4 is 60.8 Å². The SMILES string of the molecule is c1ccc(-c2ccc(-c3ccccc3N(c3cccc(-c4cccc5c4oc4c(-c6ccccc6)cccc45)c3)c3ccc4c(c3)C3(c5ccccc5-4)c4ccccc4-n4c5ccccc5c5cccc3c54)cc2)cc1. The molecule has 3 nitrogen and oxygen atoms in total. The first kappa shape index (κ1) is 42.5. The second-order valence-corrected chi connectivity index (χ2v) is 20.3. The topological polar surface area (TPSA) is 21.3 Å². The van der Waals surface area contributed by atoms with Gasteiger partial charge in [-0.05, 0) is 104 Å². The molecular weight excluding hydrogens is 921 g/mol. The first-order valence-corrected chi connectivity index (χ1v) is 26.2. The van der Waals surface area contributed by atoms with Crippen molar-refractivity contribution in [2.45, 2.75) is 5.41 Å². The van der Waals surface area contributed by atoms with E-state index in [1.807, 2.05) is 0 Å². The van der Waals surface area contributed by atoms with Gasteiger partial charge in [0.1, 0.15) is 11.2 Å². The Hall–Kier alpha value is -9.96. The van der Waals surface area contributed by atoms with Crippen molar-refractivity contribution in [1.29, 1.82) is 0 Å². The number of aromatic nitrogens is 1. The highest BCUT2D eigenvalue weighted by atomic mass is 16.3. The van der Waals surface area contributed by atoms with E-state index in [0.717, 1.165) is 72.4 Å². The van der Waals surface area contributed by atoms with Crippen molar-refractivity contribution in [3.8, 4) is 61.3 Å². The van der Waals surface area contributed by atoms with Crippen LogP contribution in [0.25, 0.3) is 105 Å². The van der Waals surface area contributed by atoms with Crippen LogP contribution in [0.5, 0.6) is 0 Å². The fraction of sp³-hybridized carbons (Fsp3) is 0.0137. The van der Waals surface area contributed by atoms with Gasteiger partial charge in [-0.25, -0.2) is 0 Å². The van der Waals surface area contributed by atoms with Gasteiger partial charge in [-0.2, -0.15) is 0 Å². The zero-order chi connectivity index (χ0) is 49.9. The highest BCUT2D eigenvalue weighted by molar-refractivity contribution is 6.14. The zero-order valence-corrected chi connectivity index (χ0v) is 41.4. The van der Waals surface area contributed by atoms with Crippen LogP contribution in [-0.2, 0) is 5.41 Å². The molecule has 1 spiro atoms. The summed E-state index contributed by atoms with van der Waals surface area (Å²) in [7, 11) is 0. The maximum absolute atomic E-state index is 7.04. The molecule has 12 aromatic carbocycles. The average Bonchev–Trinajstić information content (AvgIpc) is 4.08. The van der Waals surface area contributed by atoms with Crippen molar-refractivity contribution in [2.75, 3.05) is 4.90 Å². The predicted molar refractivity (Wildman–Crippen MR) is 315 cm³/mol. The Morgan fingerprint density at radius 2 is 0.816 bits per heavy atom. The number of anilines is 3. The van der Waals surface area contributed by atoms with Crippen molar-refractivity contribution in [1.82, 2.24) is 4.57 Å². The molecule has 0 bridgehead atoms. The molecule has 14 aromatic rings. The quantitative estimate of drug-likeness (QED) is 0.159. The fourth-order valence-electron chi connectivity index (χ4n) is 13.2. The molecule has 1 aliphatic heterocycles. The Bertz CT molecular complexity index is 4640. The minimum atomic E-state index is -0.613. The van der Waals surface area contributed by atoms with Crippen molar-refractivity contribution in [3.63, 3.8) is 0 Å². The maximum Gasteiger partial charge on any atom is 0.143 e. The molecule has 0 saturated carbocycles. The van der Waals surface area contributed by atoms with E-state index in [9.17, 15) is 0 Å². The zero-order valence-electron chi connectivity index (χ0n) is 41.4. The van der Waals surface area contributed by atoms with E-state index >= 15 is 0 Å². The molecule has 2 aromatic heterocycles. The minimum Gasteiger partial charge on any atom is -0.455 e. The molecule has 2 aliphatic rings.